The molecular formula is C25H31N5O4. The van der Waals surface area contributed by atoms with Crippen LogP contribution in [0.1, 0.15) is 18.1 Å². The first kappa shape index (κ1) is 24.9. The van der Waals surface area contributed by atoms with Gasteiger partial charge in [-0.1, -0.05) is 11.8 Å². The number of rotatable bonds is 5. The van der Waals surface area contributed by atoms with Gasteiger partial charge in [-0.3, -0.25) is 10.0 Å². The second-order valence-electron chi connectivity index (χ2n) is 8.36. The molecule has 1 fully saturated rings. The Bertz CT molecular complexity index is 1030. The fourth-order valence-electron chi connectivity index (χ4n) is 3.61. The van der Waals surface area contributed by atoms with Crippen LogP contribution in [0.15, 0.2) is 48.5 Å². The van der Waals surface area contributed by atoms with Gasteiger partial charge in [0.2, 0.25) is 0 Å². The van der Waals surface area contributed by atoms with Gasteiger partial charge in [-0.15, -0.1) is 0 Å². The maximum atomic E-state index is 12.5. The zero-order valence-corrected chi connectivity index (χ0v) is 19.7. The largest absolute Gasteiger partial charge is 0.391 e. The molecule has 9 nitrogen and oxygen atoms in total. The third-order valence-electron chi connectivity index (χ3n) is 5.69. The lowest BCUT2D eigenvalue weighted by Gasteiger charge is -2.36. The molecule has 0 saturated carbocycles. The Labute approximate surface area is 199 Å². The number of carbonyl (C=O) groups excluding carboxylic acids is 2. The zero-order chi connectivity index (χ0) is 24.7. The number of anilines is 2. The highest BCUT2D eigenvalue weighted by atomic mass is 16.5. The number of piperazine rings is 1. The van der Waals surface area contributed by atoms with Crippen LogP contribution in [0.25, 0.3) is 0 Å². The summed E-state index contributed by atoms with van der Waals surface area (Å²) in [7, 11) is 4.01. The van der Waals surface area contributed by atoms with Crippen LogP contribution >= 0.6 is 0 Å². The molecule has 4 N–H and O–H groups in total. The van der Waals surface area contributed by atoms with Crippen LogP contribution in [-0.4, -0.2) is 79.6 Å². The van der Waals surface area contributed by atoms with Crippen molar-refractivity contribution in [1.29, 1.82) is 0 Å². The molecule has 3 rings (SSSR count). The lowest BCUT2D eigenvalue weighted by Crippen LogP contribution is -2.58. The minimum atomic E-state index is -1.23. The van der Waals surface area contributed by atoms with E-state index in [-0.39, 0.29) is 0 Å². The molecule has 1 saturated heterocycles. The van der Waals surface area contributed by atoms with Crippen LogP contribution in [0.3, 0.4) is 0 Å². The van der Waals surface area contributed by atoms with Gasteiger partial charge in [0.15, 0.2) is 0 Å². The quantitative estimate of drug-likeness (QED) is 0.301. The summed E-state index contributed by atoms with van der Waals surface area (Å²) in [5.41, 5.74) is 5.51. The molecule has 0 aliphatic carbocycles. The predicted molar refractivity (Wildman–Crippen MR) is 131 cm³/mol. The van der Waals surface area contributed by atoms with Crippen molar-refractivity contribution in [3.63, 3.8) is 0 Å². The fourth-order valence-corrected chi connectivity index (χ4v) is 3.61. The highest BCUT2D eigenvalue weighted by Crippen LogP contribution is 2.18. The SMILES string of the molecule is C[C@@H](O)[C@H](NC(=O)N1CCN(c2ccc(C#Cc3ccc(N(C)C)cc3)cc2)CC1)C(=O)NO. The summed E-state index contributed by atoms with van der Waals surface area (Å²) in [6.07, 6.45) is -1.14. The normalized spacial score (nSPS) is 15.0. The van der Waals surface area contributed by atoms with E-state index in [0.717, 1.165) is 22.5 Å². The Hall–Kier alpha value is -3.74. The molecule has 2 aromatic rings. The maximum Gasteiger partial charge on any atom is 0.318 e. The van der Waals surface area contributed by atoms with E-state index in [2.05, 4.69) is 22.1 Å². The van der Waals surface area contributed by atoms with Gasteiger partial charge in [0, 0.05) is 62.8 Å². The molecule has 0 spiro atoms. The average Bonchev–Trinajstić information content (AvgIpc) is 2.86. The minimum Gasteiger partial charge on any atom is -0.391 e. The van der Waals surface area contributed by atoms with Crippen molar-refractivity contribution in [2.24, 2.45) is 0 Å². The van der Waals surface area contributed by atoms with Crippen molar-refractivity contribution in [2.45, 2.75) is 19.1 Å². The molecule has 34 heavy (non-hydrogen) atoms. The molecule has 0 bridgehead atoms. The molecule has 1 aliphatic rings. The summed E-state index contributed by atoms with van der Waals surface area (Å²) in [5.74, 6) is 5.51. The van der Waals surface area contributed by atoms with E-state index in [0.29, 0.717) is 26.2 Å². The van der Waals surface area contributed by atoms with Crippen molar-refractivity contribution in [1.82, 2.24) is 15.7 Å². The Morgan fingerprint density at radius 1 is 0.941 bits per heavy atom. The van der Waals surface area contributed by atoms with Crippen molar-refractivity contribution in [3.8, 4) is 11.8 Å². The summed E-state index contributed by atoms with van der Waals surface area (Å²) in [6, 6.07) is 14.4. The van der Waals surface area contributed by atoms with Crippen molar-refractivity contribution < 1.29 is 19.9 Å². The first-order chi connectivity index (χ1) is 16.3. The number of amides is 3. The topological polar surface area (TPSA) is 108 Å². The second-order valence-corrected chi connectivity index (χ2v) is 8.36. The van der Waals surface area contributed by atoms with Gasteiger partial charge in [0.05, 0.1) is 6.10 Å². The van der Waals surface area contributed by atoms with E-state index in [4.69, 9.17) is 5.21 Å². The van der Waals surface area contributed by atoms with Crippen molar-refractivity contribution >= 4 is 23.3 Å². The van der Waals surface area contributed by atoms with Gasteiger partial charge in [-0.05, 0) is 55.5 Å². The molecule has 1 heterocycles. The van der Waals surface area contributed by atoms with Gasteiger partial charge in [0.1, 0.15) is 6.04 Å². The zero-order valence-electron chi connectivity index (χ0n) is 19.7. The number of hydrogen-bond donors (Lipinski definition) is 4. The van der Waals surface area contributed by atoms with E-state index in [9.17, 15) is 14.7 Å². The average molecular weight is 466 g/mol. The van der Waals surface area contributed by atoms with E-state index >= 15 is 0 Å². The molecule has 0 aromatic heterocycles. The number of nitrogens with zero attached hydrogens (tertiary/aromatic N) is 3. The summed E-state index contributed by atoms with van der Waals surface area (Å²) >= 11 is 0. The Morgan fingerprint density at radius 3 is 1.94 bits per heavy atom. The third-order valence-corrected chi connectivity index (χ3v) is 5.69. The number of urea groups is 1. The monoisotopic (exact) mass is 465 g/mol. The molecule has 0 radical (unpaired) electrons. The molecule has 0 unspecified atom stereocenters. The third kappa shape index (κ3) is 6.41. The number of hydroxylamine groups is 1. The number of nitrogens with one attached hydrogen (secondary N) is 2. The molecule has 2 aromatic carbocycles. The van der Waals surface area contributed by atoms with Crippen LogP contribution in [0.5, 0.6) is 0 Å². The fraction of sp³-hybridized carbons (Fsp3) is 0.360. The highest BCUT2D eigenvalue weighted by Gasteiger charge is 2.29. The number of benzene rings is 2. The number of hydrogen-bond acceptors (Lipinski definition) is 6. The molecule has 3 amide bonds. The molecule has 9 heteroatoms. The van der Waals surface area contributed by atoms with E-state index in [1.54, 1.807) is 4.90 Å². The molecule has 1 aliphatic heterocycles. The number of aliphatic hydroxyl groups excluding tert-OH is 1. The first-order valence-corrected chi connectivity index (χ1v) is 11.1. The van der Waals surface area contributed by atoms with Crippen molar-refractivity contribution in [2.75, 3.05) is 50.1 Å². The van der Waals surface area contributed by atoms with Gasteiger partial charge < -0.3 is 25.1 Å². The lowest BCUT2D eigenvalue weighted by atomic mass is 10.1. The Balaban J connectivity index is 1.54. The lowest BCUT2D eigenvalue weighted by molar-refractivity contribution is -0.133. The summed E-state index contributed by atoms with van der Waals surface area (Å²) in [6.45, 7) is 3.55. The van der Waals surface area contributed by atoms with Gasteiger partial charge >= 0.3 is 6.03 Å². The van der Waals surface area contributed by atoms with Crippen LogP contribution < -0.4 is 20.6 Å². The van der Waals surface area contributed by atoms with Gasteiger partial charge in [0.25, 0.3) is 5.91 Å². The Kier molecular flexibility index (Phi) is 8.35. The van der Waals surface area contributed by atoms with Crippen LogP contribution in [0.2, 0.25) is 0 Å². The number of carbonyl (C=O) groups is 2. The highest BCUT2D eigenvalue weighted by molar-refractivity contribution is 5.87. The summed E-state index contributed by atoms with van der Waals surface area (Å²) < 4.78 is 0. The molecular weight excluding hydrogens is 434 g/mol. The molecule has 180 valence electrons. The minimum absolute atomic E-state index is 0.460. The summed E-state index contributed by atoms with van der Waals surface area (Å²) in [5, 5.41) is 20.9. The van der Waals surface area contributed by atoms with Crippen LogP contribution in [0, 0.1) is 11.8 Å². The maximum absolute atomic E-state index is 12.5. The van der Waals surface area contributed by atoms with Crippen LogP contribution in [-0.2, 0) is 4.79 Å². The van der Waals surface area contributed by atoms with Gasteiger partial charge in [-0.25, -0.2) is 10.3 Å². The second kappa shape index (κ2) is 11.4. The van der Waals surface area contributed by atoms with E-state index in [1.807, 2.05) is 67.5 Å². The van der Waals surface area contributed by atoms with E-state index < -0.39 is 24.1 Å². The standard InChI is InChI=1S/C25H31N5O4/c1-18(31)23(24(32)27-34)26-25(33)30-16-14-29(15-17-30)22-12-8-20(9-13-22)5-4-19-6-10-21(11-7-19)28(2)3/h6-13,18,23,31,34H,14-17H2,1-3H3,(H,26,33)(H,27,32)/t18-,23+/m1/s1. The van der Waals surface area contributed by atoms with Crippen molar-refractivity contribution in [3.05, 3.63) is 59.7 Å². The van der Waals surface area contributed by atoms with Crippen LogP contribution in [0.4, 0.5) is 16.2 Å². The van der Waals surface area contributed by atoms with Gasteiger partial charge in [-0.2, -0.15) is 0 Å². The smallest absolute Gasteiger partial charge is 0.318 e. The van der Waals surface area contributed by atoms with E-state index in [1.165, 1.54) is 12.4 Å². The predicted octanol–water partition coefficient (Wildman–Crippen LogP) is 1.24. The number of aliphatic hydroxyl groups is 1. The first-order valence-electron chi connectivity index (χ1n) is 11.1. The summed E-state index contributed by atoms with van der Waals surface area (Å²) in [4.78, 5) is 29.9. The Morgan fingerprint density at radius 2 is 1.47 bits per heavy atom. The molecule has 2 atom stereocenters.